The minimum Gasteiger partial charge on any atom is -0.369 e. The van der Waals surface area contributed by atoms with Crippen LogP contribution in [0.15, 0.2) is 60.7 Å². The van der Waals surface area contributed by atoms with Gasteiger partial charge in [-0.3, -0.25) is 4.79 Å². The Labute approximate surface area is 122 Å². The molecular formula is C18H14N2O. The Hall–Kier alpha value is -2.81. The molecule has 0 spiro atoms. The van der Waals surface area contributed by atoms with E-state index in [0.717, 1.165) is 22.3 Å². The number of hydrogen-bond donors (Lipinski definition) is 1. The van der Waals surface area contributed by atoms with Gasteiger partial charge in [-0.2, -0.15) is 0 Å². The Morgan fingerprint density at radius 3 is 2.67 bits per heavy atom. The second-order valence-electron chi connectivity index (χ2n) is 5.27. The van der Waals surface area contributed by atoms with Gasteiger partial charge in [-0.15, -0.1) is 0 Å². The van der Waals surface area contributed by atoms with Crippen molar-refractivity contribution in [1.29, 1.82) is 0 Å². The fourth-order valence-corrected chi connectivity index (χ4v) is 3.07. The molecule has 1 aromatic heterocycles. The molecule has 2 heterocycles. The normalized spacial score (nSPS) is 16.3. The first-order valence-corrected chi connectivity index (χ1v) is 6.92. The SMILES string of the molecule is NC(=O)C1C=Cn2c(cc3ccccc32)-c2ccccc21. The Bertz CT molecular complexity index is 889. The first-order chi connectivity index (χ1) is 10.3. The maximum absolute atomic E-state index is 11.8. The maximum Gasteiger partial charge on any atom is 0.228 e. The van der Waals surface area contributed by atoms with E-state index in [2.05, 4.69) is 22.8 Å². The number of rotatable bonds is 1. The smallest absolute Gasteiger partial charge is 0.228 e. The standard InChI is InChI=1S/C18H14N2O/c19-18(21)15-9-10-20-16-8-4-1-5-12(16)11-17(20)14-7-3-2-6-13(14)15/h1-11,15H,(H2,19,21). The number of primary amides is 1. The van der Waals surface area contributed by atoms with Crippen LogP contribution in [0.1, 0.15) is 11.5 Å². The average Bonchev–Trinajstić information content (AvgIpc) is 2.78. The van der Waals surface area contributed by atoms with E-state index in [4.69, 9.17) is 5.73 Å². The number of hydrogen-bond acceptors (Lipinski definition) is 1. The van der Waals surface area contributed by atoms with Crippen molar-refractivity contribution in [2.75, 3.05) is 0 Å². The highest BCUT2D eigenvalue weighted by Gasteiger charge is 2.23. The Morgan fingerprint density at radius 1 is 1.05 bits per heavy atom. The molecule has 3 aromatic rings. The highest BCUT2D eigenvalue weighted by atomic mass is 16.1. The number of aromatic nitrogens is 1. The minimum atomic E-state index is -0.389. The summed E-state index contributed by atoms with van der Waals surface area (Å²) >= 11 is 0. The molecule has 1 aliphatic heterocycles. The zero-order valence-electron chi connectivity index (χ0n) is 11.4. The van der Waals surface area contributed by atoms with Gasteiger partial charge in [-0.25, -0.2) is 0 Å². The molecule has 1 unspecified atom stereocenters. The molecular weight excluding hydrogens is 260 g/mol. The summed E-state index contributed by atoms with van der Waals surface area (Å²) in [6.45, 7) is 0. The molecule has 0 saturated carbocycles. The van der Waals surface area contributed by atoms with Crippen molar-refractivity contribution in [2.24, 2.45) is 5.73 Å². The third-order valence-corrected chi connectivity index (χ3v) is 4.05. The molecule has 21 heavy (non-hydrogen) atoms. The van der Waals surface area contributed by atoms with E-state index in [0.29, 0.717) is 0 Å². The lowest BCUT2D eigenvalue weighted by atomic mass is 9.93. The molecule has 0 saturated heterocycles. The molecule has 1 amide bonds. The van der Waals surface area contributed by atoms with E-state index in [1.54, 1.807) is 0 Å². The van der Waals surface area contributed by atoms with Crippen LogP contribution >= 0.6 is 0 Å². The van der Waals surface area contributed by atoms with E-state index in [1.807, 2.05) is 48.7 Å². The van der Waals surface area contributed by atoms with E-state index in [-0.39, 0.29) is 11.8 Å². The average molecular weight is 274 g/mol. The van der Waals surface area contributed by atoms with E-state index >= 15 is 0 Å². The molecule has 0 bridgehead atoms. The fourth-order valence-electron chi connectivity index (χ4n) is 3.07. The van der Waals surface area contributed by atoms with E-state index < -0.39 is 0 Å². The monoisotopic (exact) mass is 274 g/mol. The molecule has 0 aliphatic carbocycles. The first kappa shape index (κ1) is 12.0. The molecule has 3 nitrogen and oxygen atoms in total. The van der Waals surface area contributed by atoms with Gasteiger partial charge in [-0.05, 0) is 17.7 Å². The number of benzene rings is 2. The van der Waals surface area contributed by atoms with Crippen molar-refractivity contribution in [3.63, 3.8) is 0 Å². The molecule has 0 fully saturated rings. The zero-order valence-corrected chi connectivity index (χ0v) is 11.4. The van der Waals surface area contributed by atoms with Crippen LogP contribution in [0.3, 0.4) is 0 Å². The number of fused-ring (bicyclic) bond motifs is 5. The van der Waals surface area contributed by atoms with Crippen LogP contribution in [-0.2, 0) is 4.79 Å². The quantitative estimate of drug-likeness (QED) is 0.726. The molecule has 1 aliphatic rings. The highest BCUT2D eigenvalue weighted by Crippen LogP contribution is 2.36. The lowest BCUT2D eigenvalue weighted by molar-refractivity contribution is -0.118. The van der Waals surface area contributed by atoms with Gasteiger partial charge in [0.2, 0.25) is 5.91 Å². The van der Waals surface area contributed by atoms with E-state index in [9.17, 15) is 4.79 Å². The molecule has 2 N–H and O–H groups in total. The van der Waals surface area contributed by atoms with Crippen LogP contribution in [0.4, 0.5) is 0 Å². The van der Waals surface area contributed by atoms with Crippen LogP contribution in [0.25, 0.3) is 28.4 Å². The molecule has 102 valence electrons. The van der Waals surface area contributed by atoms with Gasteiger partial charge in [0.15, 0.2) is 0 Å². The van der Waals surface area contributed by atoms with Gasteiger partial charge in [0, 0.05) is 17.1 Å². The highest BCUT2D eigenvalue weighted by molar-refractivity contribution is 5.94. The van der Waals surface area contributed by atoms with Crippen molar-refractivity contribution in [2.45, 2.75) is 5.92 Å². The number of carbonyl (C=O) groups is 1. The predicted octanol–water partition coefficient (Wildman–Crippen LogP) is 3.36. The summed E-state index contributed by atoms with van der Waals surface area (Å²) < 4.78 is 2.12. The summed E-state index contributed by atoms with van der Waals surface area (Å²) in [5.74, 6) is -0.714. The van der Waals surface area contributed by atoms with Gasteiger partial charge >= 0.3 is 0 Å². The lowest BCUT2D eigenvalue weighted by Gasteiger charge is -2.11. The number of nitrogens with zero attached hydrogens (tertiary/aromatic N) is 1. The second-order valence-corrected chi connectivity index (χ2v) is 5.27. The summed E-state index contributed by atoms with van der Waals surface area (Å²) in [5, 5.41) is 1.18. The zero-order chi connectivity index (χ0) is 14.4. The topological polar surface area (TPSA) is 48.0 Å². The van der Waals surface area contributed by atoms with Gasteiger partial charge in [0.1, 0.15) is 0 Å². The second kappa shape index (κ2) is 4.35. The maximum atomic E-state index is 11.8. The molecule has 1 atom stereocenters. The van der Waals surface area contributed by atoms with Gasteiger partial charge in [-0.1, -0.05) is 48.5 Å². The largest absolute Gasteiger partial charge is 0.369 e. The number of carbonyl (C=O) groups excluding carboxylic acids is 1. The molecule has 0 radical (unpaired) electrons. The lowest BCUT2D eigenvalue weighted by Crippen LogP contribution is -2.19. The summed E-state index contributed by atoms with van der Waals surface area (Å²) in [5.41, 5.74) is 9.81. The van der Waals surface area contributed by atoms with Gasteiger partial charge < -0.3 is 10.3 Å². The predicted molar refractivity (Wildman–Crippen MR) is 84.6 cm³/mol. The Kier molecular flexibility index (Phi) is 2.48. The summed E-state index contributed by atoms with van der Waals surface area (Å²) in [7, 11) is 0. The Balaban J connectivity index is 2.09. The summed E-state index contributed by atoms with van der Waals surface area (Å²) in [6.07, 6.45) is 3.83. The van der Waals surface area contributed by atoms with Crippen molar-refractivity contribution in [1.82, 2.24) is 4.57 Å². The first-order valence-electron chi connectivity index (χ1n) is 6.92. The van der Waals surface area contributed by atoms with Crippen molar-refractivity contribution >= 4 is 23.0 Å². The number of para-hydroxylation sites is 1. The van der Waals surface area contributed by atoms with Crippen LogP contribution in [0.5, 0.6) is 0 Å². The Morgan fingerprint density at radius 2 is 1.81 bits per heavy atom. The molecule has 3 heteroatoms. The third kappa shape index (κ3) is 1.71. The van der Waals surface area contributed by atoms with E-state index in [1.165, 1.54) is 5.39 Å². The van der Waals surface area contributed by atoms with Crippen molar-refractivity contribution < 1.29 is 4.79 Å². The number of nitrogens with two attached hydrogens (primary N) is 1. The number of amides is 1. The van der Waals surface area contributed by atoms with Crippen LogP contribution in [0.2, 0.25) is 0 Å². The molecule has 2 aromatic carbocycles. The van der Waals surface area contributed by atoms with Crippen LogP contribution < -0.4 is 5.73 Å². The van der Waals surface area contributed by atoms with Gasteiger partial charge in [0.25, 0.3) is 0 Å². The molecule has 4 rings (SSSR count). The van der Waals surface area contributed by atoms with Crippen molar-refractivity contribution in [3.05, 3.63) is 66.2 Å². The summed E-state index contributed by atoms with van der Waals surface area (Å²) in [6, 6.07) is 18.3. The van der Waals surface area contributed by atoms with Crippen LogP contribution in [0, 0.1) is 0 Å². The van der Waals surface area contributed by atoms with Crippen LogP contribution in [-0.4, -0.2) is 10.5 Å². The minimum absolute atomic E-state index is 0.325. The summed E-state index contributed by atoms with van der Waals surface area (Å²) in [4.78, 5) is 11.8. The third-order valence-electron chi connectivity index (χ3n) is 4.05. The fraction of sp³-hybridized carbons (Fsp3) is 0.0556. The van der Waals surface area contributed by atoms with Crippen molar-refractivity contribution in [3.8, 4) is 11.3 Å². The van der Waals surface area contributed by atoms with Gasteiger partial charge in [0.05, 0.1) is 17.1 Å².